The van der Waals surface area contributed by atoms with Crippen LogP contribution in [0.4, 0.5) is 0 Å². The molecule has 0 saturated carbocycles. The van der Waals surface area contributed by atoms with E-state index in [1.54, 1.807) is 0 Å². The van der Waals surface area contributed by atoms with Crippen molar-refractivity contribution in [3.63, 3.8) is 0 Å². The fourth-order valence-electron chi connectivity index (χ4n) is 2.59. The van der Waals surface area contributed by atoms with E-state index in [0.717, 1.165) is 11.8 Å². The maximum atomic E-state index is 4.05. The fraction of sp³-hybridized carbons (Fsp3) is 0.889. The molecule has 0 aromatic heterocycles. The van der Waals surface area contributed by atoms with Gasteiger partial charge >= 0.3 is 0 Å². The molecule has 3 unspecified atom stereocenters. The molecule has 0 heteroatoms. The highest BCUT2D eigenvalue weighted by atomic mass is 14.1. The molecular weight excluding hydrogens is 216 g/mol. The molecule has 0 rings (SSSR count). The number of hydrogen-bond acceptors (Lipinski definition) is 0. The molecule has 0 nitrogen and oxygen atoms in total. The molecule has 0 heterocycles. The summed E-state index contributed by atoms with van der Waals surface area (Å²) in [6.07, 6.45) is 14.7. The third kappa shape index (κ3) is 12.5. The smallest absolute Gasteiger partial charge is 0.0417 e. The van der Waals surface area contributed by atoms with Crippen molar-refractivity contribution in [2.45, 2.75) is 85.5 Å². The predicted molar refractivity (Wildman–Crippen MR) is 84.4 cm³/mol. The van der Waals surface area contributed by atoms with Gasteiger partial charge in [0, 0.05) is 0 Å². The van der Waals surface area contributed by atoms with Gasteiger partial charge in [-0.2, -0.15) is 0 Å². The van der Waals surface area contributed by atoms with Crippen molar-refractivity contribution >= 4 is 0 Å². The van der Waals surface area contributed by atoms with Gasteiger partial charge in [-0.3, -0.25) is 0 Å². The van der Waals surface area contributed by atoms with Gasteiger partial charge in [-0.15, -0.1) is 0 Å². The van der Waals surface area contributed by atoms with E-state index in [4.69, 9.17) is 0 Å². The molecule has 0 saturated heterocycles. The van der Waals surface area contributed by atoms with Gasteiger partial charge in [-0.05, 0) is 24.2 Å². The van der Waals surface area contributed by atoms with Crippen LogP contribution in [0.15, 0.2) is 0 Å². The van der Waals surface area contributed by atoms with E-state index in [2.05, 4.69) is 41.0 Å². The van der Waals surface area contributed by atoms with E-state index in [9.17, 15) is 0 Å². The first-order valence-corrected chi connectivity index (χ1v) is 8.17. The van der Waals surface area contributed by atoms with Crippen LogP contribution in [0.25, 0.3) is 0 Å². The van der Waals surface area contributed by atoms with E-state index in [0.29, 0.717) is 5.92 Å². The minimum absolute atomic E-state index is 0.632. The molecule has 0 aliphatic rings. The van der Waals surface area contributed by atoms with Crippen molar-refractivity contribution in [3.05, 3.63) is 13.3 Å². The number of rotatable bonds is 12. The van der Waals surface area contributed by atoms with Crippen LogP contribution in [0.3, 0.4) is 0 Å². The average Bonchev–Trinajstić information content (AvgIpc) is 2.29. The predicted octanol–water partition coefficient (Wildman–Crippen LogP) is 6.46. The number of hydrogen-bond donors (Lipinski definition) is 0. The molecule has 0 aliphatic heterocycles. The molecule has 3 atom stereocenters. The lowest BCUT2D eigenvalue weighted by Gasteiger charge is -2.14. The van der Waals surface area contributed by atoms with Crippen molar-refractivity contribution < 1.29 is 0 Å². The van der Waals surface area contributed by atoms with E-state index in [-0.39, 0.29) is 0 Å². The normalized spacial score (nSPS) is 15.0. The first-order valence-electron chi connectivity index (χ1n) is 8.17. The summed E-state index contributed by atoms with van der Waals surface area (Å²) in [7, 11) is 0. The minimum atomic E-state index is 0.632. The first-order chi connectivity index (χ1) is 8.56. The molecule has 0 N–H and O–H groups in total. The van der Waals surface area contributed by atoms with Crippen molar-refractivity contribution in [2.24, 2.45) is 17.8 Å². The van der Waals surface area contributed by atoms with Crippen LogP contribution in [0.2, 0.25) is 0 Å². The summed E-state index contributed by atoms with van der Waals surface area (Å²) >= 11 is 0. The van der Waals surface area contributed by atoms with Gasteiger partial charge < -0.3 is 0 Å². The van der Waals surface area contributed by atoms with Crippen LogP contribution < -0.4 is 0 Å². The second-order valence-electron chi connectivity index (χ2n) is 6.52. The van der Waals surface area contributed by atoms with Crippen LogP contribution in [-0.2, 0) is 0 Å². The molecule has 0 spiro atoms. The summed E-state index contributed by atoms with van der Waals surface area (Å²) in [5.41, 5.74) is 0. The maximum Gasteiger partial charge on any atom is -0.0417 e. The largest absolute Gasteiger partial charge is 0.0625 e. The van der Waals surface area contributed by atoms with E-state index in [1.807, 2.05) is 0 Å². The Labute approximate surface area is 117 Å². The van der Waals surface area contributed by atoms with Gasteiger partial charge in [-0.25, -0.2) is 0 Å². The molecule has 0 bridgehead atoms. The lowest BCUT2D eigenvalue weighted by molar-refractivity contribution is 0.392. The standard InChI is InChI=1S/C18H36/c1-6-7-8-12-17(4)14-10-15-18(5)13-9-11-16(2)3/h6,16-18H,2,7-15H2,1,3-5H3. The third-order valence-corrected chi connectivity index (χ3v) is 3.98. The zero-order chi connectivity index (χ0) is 13.8. The molecule has 0 fully saturated rings. The van der Waals surface area contributed by atoms with Gasteiger partial charge in [0.05, 0.1) is 0 Å². The molecule has 18 heavy (non-hydrogen) atoms. The molecule has 0 aromatic carbocycles. The van der Waals surface area contributed by atoms with Gasteiger partial charge in [0.1, 0.15) is 0 Å². The highest BCUT2D eigenvalue weighted by molar-refractivity contribution is 4.62. The lowest BCUT2D eigenvalue weighted by atomic mass is 9.92. The Balaban J connectivity index is 3.35. The SMILES string of the molecule is [CH2]C(C)CCCC(C)CCCC(C)CCC[CH]C. The van der Waals surface area contributed by atoms with Crippen molar-refractivity contribution in [2.75, 3.05) is 0 Å². The monoisotopic (exact) mass is 252 g/mol. The van der Waals surface area contributed by atoms with Crippen LogP contribution >= 0.6 is 0 Å². The molecule has 2 radical (unpaired) electrons. The first kappa shape index (κ1) is 18.0. The van der Waals surface area contributed by atoms with Crippen molar-refractivity contribution in [1.29, 1.82) is 0 Å². The fourth-order valence-corrected chi connectivity index (χ4v) is 2.59. The topological polar surface area (TPSA) is 0 Å². The average molecular weight is 252 g/mol. The van der Waals surface area contributed by atoms with Gasteiger partial charge in [0.15, 0.2) is 0 Å². The van der Waals surface area contributed by atoms with Gasteiger partial charge in [-0.1, -0.05) is 92.4 Å². The Kier molecular flexibility index (Phi) is 12.1. The molecule has 0 aliphatic carbocycles. The summed E-state index contributed by atoms with van der Waals surface area (Å²) in [5, 5.41) is 0. The Morgan fingerprint density at radius 2 is 1.22 bits per heavy atom. The van der Waals surface area contributed by atoms with Gasteiger partial charge in [0.2, 0.25) is 0 Å². The quantitative estimate of drug-likeness (QED) is 0.349. The summed E-state index contributed by atoms with van der Waals surface area (Å²) in [4.78, 5) is 0. The molecular formula is C18H36. The van der Waals surface area contributed by atoms with E-state index < -0.39 is 0 Å². The second-order valence-corrected chi connectivity index (χ2v) is 6.52. The highest BCUT2D eigenvalue weighted by Gasteiger charge is 2.06. The third-order valence-electron chi connectivity index (χ3n) is 3.98. The van der Waals surface area contributed by atoms with Crippen LogP contribution in [0, 0.1) is 31.1 Å². The summed E-state index contributed by atoms with van der Waals surface area (Å²) in [6, 6.07) is 0. The minimum Gasteiger partial charge on any atom is -0.0625 e. The Bertz CT molecular complexity index is 159. The zero-order valence-corrected chi connectivity index (χ0v) is 13.4. The van der Waals surface area contributed by atoms with Crippen molar-refractivity contribution in [1.82, 2.24) is 0 Å². The van der Waals surface area contributed by atoms with Crippen LogP contribution in [0.5, 0.6) is 0 Å². The molecule has 0 aromatic rings. The highest BCUT2D eigenvalue weighted by Crippen LogP contribution is 2.21. The summed E-state index contributed by atoms with van der Waals surface area (Å²) < 4.78 is 0. The Morgan fingerprint density at radius 3 is 1.67 bits per heavy atom. The number of unbranched alkanes of at least 4 members (excludes halogenated alkanes) is 2. The second kappa shape index (κ2) is 12.1. The lowest BCUT2D eigenvalue weighted by Crippen LogP contribution is -2.00. The summed E-state index contributed by atoms with van der Waals surface area (Å²) in [6.45, 7) is 13.3. The zero-order valence-electron chi connectivity index (χ0n) is 13.4. The van der Waals surface area contributed by atoms with Gasteiger partial charge in [0.25, 0.3) is 0 Å². The molecule has 0 amide bonds. The molecule has 108 valence electrons. The van der Waals surface area contributed by atoms with E-state index in [1.165, 1.54) is 57.8 Å². The summed E-state index contributed by atoms with van der Waals surface area (Å²) in [5.74, 6) is 2.48. The van der Waals surface area contributed by atoms with Crippen molar-refractivity contribution in [3.8, 4) is 0 Å². The Morgan fingerprint density at radius 1 is 0.778 bits per heavy atom. The Hall–Kier alpha value is 0. The van der Waals surface area contributed by atoms with Crippen LogP contribution in [-0.4, -0.2) is 0 Å². The maximum absolute atomic E-state index is 4.05. The van der Waals surface area contributed by atoms with Crippen LogP contribution in [0.1, 0.15) is 85.5 Å². The van der Waals surface area contributed by atoms with E-state index >= 15 is 0 Å².